The molecule has 0 fully saturated rings. The monoisotopic (exact) mass is 196 g/mol. The molecule has 0 radical (unpaired) electrons. The molecule has 0 atom stereocenters. The van der Waals surface area contributed by atoms with E-state index in [2.05, 4.69) is 10.1 Å². The summed E-state index contributed by atoms with van der Waals surface area (Å²) in [5, 5.41) is 3.91. The fourth-order valence-electron chi connectivity index (χ4n) is 1.09. The number of ketones is 1. The van der Waals surface area contributed by atoms with Crippen LogP contribution in [-0.4, -0.2) is 46.1 Å². The molecule has 5 heteroatoms. The Balaban J connectivity index is 2.38. The molecular formula is C9H16N4O. The summed E-state index contributed by atoms with van der Waals surface area (Å²) in [6, 6.07) is 0. The number of carbonyl (C=O) groups excluding carboxylic acids is 1. The van der Waals surface area contributed by atoms with Crippen LogP contribution in [0.4, 0.5) is 0 Å². The Morgan fingerprint density at radius 3 is 2.79 bits per heavy atom. The van der Waals surface area contributed by atoms with E-state index < -0.39 is 0 Å². The molecule has 0 aliphatic carbocycles. The van der Waals surface area contributed by atoms with Crippen LogP contribution in [0, 0.1) is 0 Å². The Bertz CT molecular complexity index is 306. The van der Waals surface area contributed by atoms with Crippen molar-refractivity contribution in [1.82, 2.24) is 19.7 Å². The van der Waals surface area contributed by atoms with Gasteiger partial charge < -0.3 is 4.90 Å². The number of rotatable bonds is 5. The molecule has 0 aliphatic rings. The van der Waals surface area contributed by atoms with Crippen molar-refractivity contribution >= 4 is 5.78 Å². The zero-order valence-corrected chi connectivity index (χ0v) is 8.90. The second kappa shape index (κ2) is 4.85. The standard InChI is InChI=1S/C9H16N4O/c1-12(2)5-4-8(14)6-9-10-7-11-13(9)3/h7H,4-6H2,1-3H3. The minimum Gasteiger partial charge on any atom is -0.309 e. The third-order valence-corrected chi connectivity index (χ3v) is 2.00. The van der Waals surface area contributed by atoms with Crippen molar-refractivity contribution in [3.63, 3.8) is 0 Å². The zero-order chi connectivity index (χ0) is 10.6. The van der Waals surface area contributed by atoms with E-state index >= 15 is 0 Å². The summed E-state index contributed by atoms with van der Waals surface area (Å²) < 4.78 is 1.63. The quantitative estimate of drug-likeness (QED) is 0.658. The van der Waals surface area contributed by atoms with Gasteiger partial charge in [-0.1, -0.05) is 0 Å². The minimum absolute atomic E-state index is 0.204. The first-order chi connectivity index (χ1) is 6.59. The molecule has 0 spiro atoms. The van der Waals surface area contributed by atoms with Crippen LogP contribution in [0.5, 0.6) is 0 Å². The van der Waals surface area contributed by atoms with Crippen molar-refractivity contribution in [2.75, 3.05) is 20.6 Å². The third-order valence-electron chi connectivity index (χ3n) is 2.00. The van der Waals surface area contributed by atoms with Gasteiger partial charge in [-0.15, -0.1) is 0 Å². The summed E-state index contributed by atoms with van der Waals surface area (Å²) >= 11 is 0. The van der Waals surface area contributed by atoms with Crippen molar-refractivity contribution in [3.8, 4) is 0 Å². The van der Waals surface area contributed by atoms with Crippen molar-refractivity contribution in [2.24, 2.45) is 7.05 Å². The minimum atomic E-state index is 0.204. The second-order valence-corrected chi connectivity index (χ2v) is 3.57. The summed E-state index contributed by atoms with van der Waals surface area (Å²) in [4.78, 5) is 17.5. The highest BCUT2D eigenvalue weighted by Gasteiger charge is 2.08. The number of hydrogen-bond donors (Lipinski definition) is 0. The lowest BCUT2D eigenvalue weighted by molar-refractivity contribution is -0.118. The molecule has 5 nitrogen and oxygen atoms in total. The average Bonchev–Trinajstić information content (AvgIpc) is 2.49. The van der Waals surface area contributed by atoms with Gasteiger partial charge >= 0.3 is 0 Å². The molecule has 0 N–H and O–H groups in total. The second-order valence-electron chi connectivity index (χ2n) is 3.57. The Morgan fingerprint density at radius 2 is 2.29 bits per heavy atom. The first-order valence-electron chi connectivity index (χ1n) is 4.59. The fraction of sp³-hybridized carbons (Fsp3) is 0.667. The molecule has 0 saturated carbocycles. The summed E-state index contributed by atoms with van der Waals surface area (Å²) in [7, 11) is 5.70. The average molecular weight is 196 g/mol. The van der Waals surface area contributed by atoms with Gasteiger partial charge in [0.1, 0.15) is 17.9 Å². The van der Waals surface area contributed by atoms with Crippen molar-refractivity contribution in [2.45, 2.75) is 12.8 Å². The fourth-order valence-corrected chi connectivity index (χ4v) is 1.09. The topological polar surface area (TPSA) is 51.0 Å². The molecule has 0 saturated heterocycles. The molecule has 0 aromatic carbocycles. The number of nitrogens with zero attached hydrogens (tertiary/aromatic N) is 4. The maximum Gasteiger partial charge on any atom is 0.141 e. The number of carbonyl (C=O) groups is 1. The SMILES string of the molecule is CN(C)CCC(=O)Cc1ncnn1C. The predicted molar refractivity (Wildman–Crippen MR) is 52.9 cm³/mol. The molecule has 1 rings (SSSR count). The van der Waals surface area contributed by atoms with Crippen LogP contribution in [-0.2, 0) is 18.3 Å². The molecule has 1 aromatic heterocycles. The highest BCUT2D eigenvalue weighted by molar-refractivity contribution is 5.80. The van der Waals surface area contributed by atoms with Gasteiger partial charge in [0.25, 0.3) is 0 Å². The Kier molecular flexibility index (Phi) is 3.76. The van der Waals surface area contributed by atoms with Crippen LogP contribution in [0.2, 0.25) is 0 Å². The van der Waals surface area contributed by atoms with E-state index in [-0.39, 0.29) is 5.78 Å². The lowest BCUT2D eigenvalue weighted by Gasteiger charge is -2.07. The van der Waals surface area contributed by atoms with E-state index in [1.54, 1.807) is 11.7 Å². The van der Waals surface area contributed by atoms with Crippen molar-refractivity contribution < 1.29 is 4.79 Å². The van der Waals surface area contributed by atoms with Gasteiger partial charge in [0, 0.05) is 20.0 Å². The Hall–Kier alpha value is -1.23. The summed E-state index contributed by atoms with van der Waals surface area (Å²) in [5.41, 5.74) is 0. The third kappa shape index (κ3) is 3.26. The van der Waals surface area contributed by atoms with Gasteiger partial charge in [-0.2, -0.15) is 5.10 Å². The van der Waals surface area contributed by atoms with E-state index in [4.69, 9.17) is 0 Å². The Morgan fingerprint density at radius 1 is 1.57 bits per heavy atom. The van der Waals surface area contributed by atoms with Crippen molar-refractivity contribution in [3.05, 3.63) is 12.2 Å². The van der Waals surface area contributed by atoms with Gasteiger partial charge in [-0.25, -0.2) is 4.98 Å². The van der Waals surface area contributed by atoms with Crippen LogP contribution in [0.15, 0.2) is 6.33 Å². The largest absolute Gasteiger partial charge is 0.309 e. The zero-order valence-electron chi connectivity index (χ0n) is 8.90. The van der Waals surface area contributed by atoms with E-state index in [1.807, 2.05) is 19.0 Å². The van der Waals surface area contributed by atoms with Crippen LogP contribution < -0.4 is 0 Å². The molecule has 0 aliphatic heterocycles. The molecular weight excluding hydrogens is 180 g/mol. The van der Waals surface area contributed by atoms with Crippen molar-refractivity contribution in [1.29, 1.82) is 0 Å². The lowest BCUT2D eigenvalue weighted by Crippen LogP contribution is -2.18. The van der Waals surface area contributed by atoms with Crippen LogP contribution in [0.25, 0.3) is 0 Å². The molecule has 0 bridgehead atoms. The summed E-state index contributed by atoms with van der Waals surface area (Å²) in [6.45, 7) is 0.788. The first kappa shape index (κ1) is 10.8. The maximum absolute atomic E-state index is 11.5. The van der Waals surface area contributed by atoms with Gasteiger partial charge in [0.05, 0.1) is 6.42 Å². The smallest absolute Gasteiger partial charge is 0.141 e. The summed E-state index contributed by atoms with van der Waals surface area (Å²) in [6.07, 6.45) is 2.42. The highest BCUT2D eigenvalue weighted by atomic mass is 16.1. The number of aromatic nitrogens is 3. The number of Topliss-reactive ketones (excluding diaryl/α,β-unsaturated/α-hetero) is 1. The molecule has 0 amide bonds. The van der Waals surface area contributed by atoms with Gasteiger partial charge in [0.15, 0.2) is 0 Å². The number of aryl methyl sites for hydroxylation is 1. The molecule has 1 aromatic rings. The first-order valence-corrected chi connectivity index (χ1v) is 4.59. The Labute approximate surface area is 83.7 Å². The highest BCUT2D eigenvalue weighted by Crippen LogP contribution is 1.96. The molecule has 78 valence electrons. The van der Waals surface area contributed by atoms with E-state index in [0.717, 1.165) is 12.4 Å². The predicted octanol–water partition coefficient (Wildman–Crippen LogP) is -0.122. The van der Waals surface area contributed by atoms with Gasteiger partial charge in [-0.3, -0.25) is 9.48 Å². The van der Waals surface area contributed by atoms with Crippen LogP contribution >= 0.6 is 0 Å². The summed E-state index contributed by atoms with van der Waals surface area (Å²) in [5.74, 6) is 0.934. The normalized spacial score (nSPS) is 10.9. The number of hydrogen-bond acceptors (Lipinski definition) is 4. The lowest BCUT2D eigenvalue weighted by atomic mass is 10.2. The van der Waals surface area contributed by atoms with E-state index in [9.17, 15) is 4.79 Å². The van der Waals surface area contributed by atoms with E-state index in [1.165, 1.54) is 6.33 Å². The van der Waals surface area contributed by atoms with Gasteiger partial charge in [-0.05, 0) is 14.1 Å². The van der Waals surface area contributed by atoms with Crippen LogP contribution in [0.1, 0.15) is 12.2 Å². The van der Waals surface area contributed by atoms with Crippen LogP contribution in [0.3, 0.4) is 0 Å². The van der Waals surface area contributed by atoms with Gasteiger partial charge in [0.2, 0.25) is 0 Å². The molecule has 0 unspecified atom stereocenters. The molecule has 14 heavy (non-hydrogen) atoms. The van der Waals surface area contributed by atoms with E-state index in [0.29, 0.717) is 12.8 Å². The molecule has 1 heterocycles. The maximum atomic E-state index is 11.5.